The van der Waals surface area contributed by atoms with E-state index in [-0.39, 0.29) is 0 Å². The highest BCUT2D eigenvalue weighted by molar-refractivity contribution is 5.33. The van der Waals surface area contributed by atoms with Gasteiger partial charge < -0.3 is 10.1 Å². The van der Waals surface area contributed by atoms with Gasteiger partial charge in [-0.25, -0.2) is 0 Å². The number of benzene rings is 2. The highest BCUT2D eigenvalue weighted by Crippen LogP contribution is 2.18. The fraction of sp³-hybridized carbons (Fsp3) is 0.200. The first kappa shape index (κ1) is 11.7. The Bertz CT molecular complexity index is 453. The van der Waals surface area contributed by atoms with Crippen LogP contribution in [0.25, 0.3) is 0 Å². The Morgan fingerprint density at radius 2 is 1.65 bits per heavy atom. The van der Waals surface area contributed by atoms with Gasteiger partial charge in [0, 0.05) is 12.1 Å². The van der Waals surface area contributed by atoms with Crippen molar-refractivity contribution in [3.63, 3.8) is 0 Å². The van der Waals surface area contributed by atoms with Gasteiger partial charge in [-0.3, -0.25) is 0 Å². The van der Waals surface area contributed by atoms with E-state index in [0.717, 1.165) is 12.3 Å². The lowest BCUT2D eigenvalue weighted by Crippen LogP contribution is -2.07. The minimum absolute atomic E-state index is 0.613. The molecule has 2 heteroatoms. The van der Waals surface area contributed by atoms with Crippen LogP contribution in [0.5, 0.6) is 5.75 Å². The third kappa shape index (κ3) is 3.33. The van der Waals surface area contributed by atoms with Gasteiger partial charge in [-0.2, -0.15) is 0 Å². The highest BCUT2D eigenvalue weighted by Gasteiger charge is 2.01. The number of para-hydroxylation sites is 1. The number of ether oxygens (including phenoxy) is 1. The van der Waals surface area contributed by atoms with Crippen LogP contribution >= 0.6 is 0 Å². The van der Waals surface area contributed by atoms with Crippen molar-refractivity contribution in [1.82, 2.24) is 5.32 Å². The van der Waals surface area contributed by atoms with Gasteiger partial charge in [0.05, 0.1) is 0 Å². The molecule has 0 amide bonds. The van der Waals surface area contributed by atoms with E-state index in [1.807, 2.05) is 43.4 Å². The molecule has 0 radical (unpaired) electrons. The fourth-order valence-electron chi connectivity index (χ4n) is 1.72. The number of hydrogen-bond acceptors (Lipinski definition) is 2. The van der Waals surface area contributed by atoms with Crippen molar-refractivity contribution in [3.8, 4) is 5.75 Å². The molecule has 0 saturated carbocycles. The van der Waals surface area contributed by atoms with Crippen LogP contribution in [-0.2, 0) is 13.2 Å². The molecule has 0 bridgehead atoms. The van der Waals surface area contributed by atoms with Crippen LogP contribution in [-0.4, -0.2) is 7.05 Å². The molecule has 0 aliphatic rings. The fourth-order valence-corrected chi connectivity index (χ4v) is 1.72. The molecule has 2 aromatic rings. The predicted octanol–water partition coefficient (Wildman–Crippen LogP) is 2.99. The molecule has 0 saturated heterocycles. The van der Waals surface area contributed by atoms with Crippen molar-refractivity contribution >= 4 is 0 Å². The lowest BCUT2D eigenvalue weighted by molar-refractivity contribution is 0.302. The zero-order valence-electron chi connectivity index (χ0n) is 10.0. The second kappa shape index (κ2) is 6.06. The Morgan fingerprint density at radius 1 is 0.941 bits per heavy atom. The molecule has 0 fully saturated rings. The molecule has 0 aliphatic heterocycles. The lowest BCUT2D eigenvalue weighted by atomic mass is 10.2. The minimum atomic E-state index is 0.613. The summed E-state index contributed by atoms with van der Waals surface area (Å²) in [7, 11) is 1.94. The van der Waals surface area contributed by atoms with E-state index in [4.69, 9.17) is 4.74 Å². The Balaban J connectivity index is 2.03. The van der Waals surface area contributed by atoms with Crippen LogP contribution in [0.2, 0.25) is 0 Å². The van der Waals surface area contributed by atoms with Crippen molar-refractivity contribution in [2.24, 2.45) is 0 Å². The summed E-state index contributed by atoms with van der Waals surface area (Å²) in [5.41, 5.74) is 2.37. The van der Waals surface area contributed by atoms with Crippen LogP contribution in [0, 0.1) is 0 Å². The second-order valence-electron chi connectivity index (χ2n) is 3.91. The van der Waals surface area contributed by atoms with Gasteiger partial charge in [0.1, 0.15) is 12.4 Å². The van der Waals surface area contributed by atoms with Crippen molar-refractivity contribution in [3.05, 3.63) is 65.7 Å². The summed E-state index contributed by atoms with van der Waals surface area (Å²) in [5.74, 6) is 0.950. The molecule has 0 aliphatic carbocycles. The van der Waals surface area contributed by atoms with E-state index in [1.165, 1.54) is 11.1 Å². The Morgan fingerprint density at radius 3 is 2.41 bits per heavy atom. The maximum atomic E-state index is 5.84. The van der Waals surface area contributed by atoms with Gasteiger partial charge in [0.2, 0.25) is 0 Å². The van der Waals surface area contributed by atoms with Crippen LogP contribution in [0.15, 0.2) is 54.6 Å². The molecule has 2 nitrogen and oxygen atoms in total. The molecular weight excluding hydrogens is 210 g/mol. The normalized spacial score (nSPS) is 10.2. The van der Waals surface area contributed by atoms with Gasteiger partial charge in [-0.1, -0.05) is 48.5 Å². The van der Waals surface area contributed by atoms with Crippen molar-refractivity contribution in [2.75, 3.05) is 7.05 Å². The molecule has 0 unspecified atom stereocenters. The van der Waals surface area contributed by atoms with Crippen LogP contribution in [0.1, 0.15) is 11.1 Å². The molecule has 88 valence electrons. The summed E-state index contributed by atoms with van der Waals surface area (Å²) in [4.78, 5) is 0. The van der Waals surface area contributed by atoms with Crippen LogP contribution in [0.3, 0.4) is 0 Å². The molecule has 17 heavy (non-hydrogen) atoms. The zero-order valence-corrected chi connectivity index (χ0v) is 10.0. The van der Waals surface area contributed by atoms with E-state index in [9.17, 15) is 0 Å². The van der Waals surface area contributed by atoms with Crippen LogP contribution < -0.4 is 10.1 Å². The van der Waals surface area contributed by atoms with Gasteiger partial charge in [0.15, 0.2) is 0 Å². The lowest BCUT2D eigenvalue weighted by Gasteiger charge is -2.11. The summed E-state index contributed by atoms with van der Waals surface area (Å²) in [6.45, 7) is 1.44. The Labute approximate surface area is 102 Å². The maximum Gasteiger partial charge on any atom is 0.124 e. The SMILES string of the molecule is CNCc1ccccc1OCc1ccccc1. The summed E-state index contributed by atoms with van der Waals surface area (Å²) in [5, 5.41) is 3.14. The maximum absolute atomic E-state index is 5.84. The topological polar surface area (TPSA) is 21.3 Å². The molecule has 0 spiro atoms. The highest BCUT2D eigenvalue weighted by atomic mass is 16.5. The van der Waals surface area contributed by atoms with Crippen molar-refractivity contribution in [2.45, 2.75) is 13.2 Å². The quantitative estimate of drug-likeness (QED) is 0.848. The third-order valence-corrected chi connectivity index (χ3v) is 2.58. The monoisotopic (exact) mass is 227 g/mol. The number of rotatable bonds is 5. The summed E-state index contributed by atoms with van der Waals surface area (Å²) >= 11 is 0. The van der Waals surface area contributed by atoms with E-state index in [2.05, 4.69) is 23.5 Å². The van der Waals surface area contributed by atoms with Crippen LogP contribution in [0.4, 0.5) is 0 Å². The predicted molar refractivity (Wildman–Crippen MR) is 70.0 cm³/mol. The smallest absolute Gasteiger partial charge is 0.124 e. The number of nitrogens with one attached hydrogen (secondary N) is 1. The minimum Gasteiger partial charge on any atom is -0.489 e. The van der Waals surface area contributed by atoms with E-state index in [1.54, 1.807) is 0 Å². The molecule has 2 rings (SSSR count). The largest absolute Gasteiger partial charge is 0.489 e. The zero-order chi connectivity index (χ0) is 11.9. The van der Waals surface area contributed by atoms with Crippen molar-refractivity contribution < 1.29 is 4.74 Å². The average molecular weight is 227 g/mol. The first-order chi connectivity index (χ1) is 8.40. The molecule has 1 N–H and O–H groups in total. The first-order valence-corrected chi connectivity index (χ1v) is 5.79. The molecule has 2 aromatic carbocycles. The summed E-state index contributed by atoms with van der Waals surface area (Å²) in [6, 6.07) is 18.3. The van der Waals surface area contributed by atoms with Gasteiger partial charge >= 0.3 is 0 Å². The molecular formula is C15H17NO. The third-order valence-electron chi connectivity index (χ3n) is 2.58. The standard InChI is InChI=1S/C15H17NO/c1-16-11-14-9-5-6-10-15(14)17-12-13-7-3-2-4-8-13/h2-10,16H,11-12H2,1H3. The average Bonchev–Trinajstić information content (AvgIpc) is 2.39. The molecule has 0 atom stereocenters. The van der Waals surface area contributed by atoms with Gasteiger partial charge in [-0.05, 0) is 18.7 Å². The van der Waals surface area contributed by atoms with E-state index < -0.39 is 0 Å². The molecule has 0 aromatic heterocycles. The van der Waals surface area contributed by atoms with E-state index >= 15 is 0 Å². The van der Waals surface area contributed by atoms with E-state index in [0.29, 0.717) is 6.61 Å². The van der Waals surface area contributed by atoms with Crippen molar-refractivity contribution in [1.29, 1.82) is 0 Å². The molecule has 0 heterocycles. The summed E-state index contributed by atoms with van der Waals surface area (Å²) in [6.07, 6.45) is 0. The van der Waals surface area contributed by atoms with Gasteiger partial charge in [0.25, 0.3) is 0 Å². The Kier molecular flexibility index (Phi) is 4.17. The van der Waals surface area contributed by atoms with Gasteiger partial charge in [-0.15, -0.1) is 0 Å². The summed E-state index contributed by atoms with van der Waals surface area (Å²) < 4.78 is 5.84. The number of hydrogen-bond donors (Lipinski definition) is 1. The first-order valence-electron chi connectivity index (χ1n) is 5.79. The second-order valence-corrected chi connectivity index (χ2v) is 3.91. The Hall–Kier alpha value is -1.80.